The van der Waals surface area contributed by atoms with Crippen molar-refractivity contribution < 1.29 is 13.9 Å². The lowest BCUT2D eigenvalue weighted by atomic mass is 10.3. The molecule has 1 heterocycles. The van der Waals surface area contributed by atoms with Crippen LogP contribution >= 0.6 is 70.4 Å². The van der Waals surface area contributed by atoms with Gasteiger partial charge in [-0.2, -0.15) is 5.10 Å². The third-order valence-corrected chi connectivity index (χ3v) is 4.50. The van der Waals surface area contributed by atoms with Crippen molar-refractivity contribution in [2.45, 2.75) is 0 Å². The maximum atomic E-state index is 11.7. The molecule has 1 aromatic carbocycles. The lowest BCUT2D eigenvalue weighted by Gasteiger charge is -2.09. The van der Waals surface area contributed by atoms with E-state index in [2.05, 4.69) is 58.3 Å². The Hall–Kier alpha value is -0.390. The van der Waals surface area contributed by atoms with Crippen LogP contribution in [0.15, 0.2) is 47.2 Å². The van der Waals surface area contributed by atoms with E-state index < -0.39 is 0 Å². The van der Waals surface area contributed by atoms with Gasteiger partial charge in [0.15, 0.2) is 10.4 Å². The number of ether oxygens (including phenoxy) is 1. The van der Waals surface area contributed by atoms with E-state index in [1.54, 1.807) is 12.1 Å². The van der Waals surface area contributed by atoms with Gasteiger partial charge in [-0.15, -0.1) is 0 Å². The summed E-state index contributed by atoms with van der Waals surface area (Å²) in [5, 5.41) is 3.79. The molecule has 0 bridgehead atoms. The fourth-order valence-corrected chi connectivity index (χ4v) is 4.32. The van der Waals surface area contributed by atoms with E-state index in [-0.39, 0.29) is 12.5 Å². The molecule has 5 nitrogen and oxygen atoms in total. The molecule has 0 radical (unpaired) electrons. The number of hydrogen-bond acceptors (Lipinski definition) is 4. The van der Waals surface area contributed by atoms with Gasteiger partial charge in [-0.25, -0.2) is 5.43 Å². The second-order valence-corrected chi connectivity index (χ2v) is 7.61. The summed E-state index contributed by atoms with van der Waals surface area (Å²) in [6.45, 7) is -0.161. The van der Waals surface area contributed by atoms with Crippen molar-refractivity contribution in [3.8, 4) is 5.75 Å². The number of carbonyl (C=O) groups excluding carboxylic acids is 1. The van der Waals surface area contributed by atoms with Crippen molar-refractivity contribution in [3.05, 3.63) is 47.2 Å². The van der Waals surface area contributed by atoms with E-state index in [1.807, 2.05) is 34.7 Å². The standard InChI is InChI=1S/C13H8Br3IN2O3/c14-7-3-9(15)13(10(16)4-7)21-6-12(20)19-18-5-8-1-2-11(17)22-8/h1-5H,6H2,(H,19,20)/b18-5+. The smallest absolute Gasteiger partial charge is 0.277 e. The highest BCUT2D eigenvalue weighted by molar-refractivity contribution is 14.1. The third kappa shape index (κ3) is 5.36. The van der Waals surface area contributed by atoms with Crippen molar-refractivity contribution in [1.29, 1.82) is 0 Å². The molecule has 1 amide bonds. The maximum Gasteiger partial charge on any atom is 0.277 e. The minimum absolute atomic E-state index is 0.161. The first-order chi connectivity index (χ1) is 10.5. The molecule has 22 heavy (non-hydrogen) atoms. The van der Waals surface area contributed by atoms with E-state index in [0.717, 1.165) is 17.2 Å². The Balaban J connectivity index is 1.87. The van der Waals surface area contributed by atoms with Gasteiger partial charge in [0.25, 0.3) is 5.91 Å². The van der Waals surface area contributed by atoms with Gasteiger partial charge in [0, 0.05) is 4.47 Å². The molecule has 0 aliphatic heterocycles. The summed E-state index contributed by atoms with van der Waals surface area (Å²) in [6.07, 6.45) is 1.42. The lowest BCUT2D eigenvalue weighted by Crippen LogP contribution is -2.24. The van der Waals surface area contributed by atoms with Crippen molar-refractivity contribution in [2.75, 3.05) is 6.61 Å². The molecule has 0 unspecified atom stereocenters. The fourth-order valence-electron chi connectivity index (χ4n) is 1.40. The topological polar surface area (TPSA) is 63.8 Å². The number of hydrogen-bond donors (Lipinski definition) is 1. The first-order valence-corrected chi connectivity index (χ1v) is 9.26. The molecule has 0 saturated heterocycles. The van der Waals surface area contributed by atoms with Gasteiger partial charge >= 0.3 is 0 Å². The maximum absolute atomic E-state index is 11.7. The molecule has 0 aliphatic rings. The molecule has 1 N–H and O–H groups in total. The van der Waals surface area contributed by atoms with Crippen LogP contribution in [0.4, 0.5) is 0 Å². The Morgan fingerprint density at radius 1 is 1.32 bits per heavy atom. The highest BCUT2D eigenvalue weighted by atomic mass is 127. The van der Waals surface area contributed by atoms with Crippen LogP contribution in [0.3, 0.4) is 0 Å². The van der Waals surface area contributed by atoms with Crippen LogP contribution in [0, 0.1) is 3.77 Å². The van der Waals surface area contributed by atoms with Gasteiger partial charge in [0.1, 0.15) is 11.5 Å². The van der Waals surface area contributed by atoms with Crippen molar-refractivity contribution in [2.24, 2.45) is 5.10 Å². The van der Waals surface area contributed by atoms with Gasteiger partial charge in [-0.05, 0) is 78.7 Å². The Morgan fingerprint density at radius 2 is 2.00 bits per heavy atom. The van der Waals surface area contributed by atoms with Gasteiger partial charge in [0.05, 0.1) is 15.2 Å². The predicted molar refractivity (Wildman–Crippen MR) is 102 cm³/mol. The zero-order valence-electron chi connectivity index (χ0n) is 10.8. The quantitative estimate of drug-likeness (QED) is 0.305. The molecule has 0 atom stereocenters. The average molecular weight is 607 g/mol. The summed E-state index contributed by atoms with van der Waals surface area (Å²) >= 11 is 12.2. The summed E-state index contributed by atoms with van der Waals surface area (Å²) in [5.74, 6) is 0.728. The SMILES string of the molecule is O=C(COc1c(Br)cc(Br)cc1Br)N/N=C/c1ccc(I)o1. The van der Waals surface area contributed by atoms with Crippen LogP contribution < -0.4 is 10.2 Å². The number of furan rings is 1. The number of amides is 1. The zero-order chi connectivity index (χ0) is 16.1. The molecular weight excluding hydrogens is 599 g/mol. The first kappa shape index (κ1) is 18.0. The van der Waals surface area contributed by atoms with Crippen LogP contribution in [0.25, 0.3) is 0 Å². The molecule has 2 aromatic rings. The van der Waals surface area contributed by atoms with Crippen LogP contribution in [-0.2, 0) is 4.79 Å². The van der Waals surface area contributed by atoms with E-state index >= 15 is 0 Å². The summed E-state index contributed by atoms with van der Waals surface area (Å²) in [7, 11) is 0. The van der Waals surface area contributed by atoms with Crippen molar-refractivity contribution >= 4 is 82.5 Å². The van der Waals surface area contributed by atoms with Crippen molar-refractivity contribution in [3.63, 3.8) is 0 Å². The minimum Gasteiger partial charge on any atom is -0.481 e. The fraction of sp³-hybridized carbons (Fsp3) is 0.0769. The monoisotopic (exact) mass is 604 g/mol. The summed E-state index contributed by atoms with van der Waals surface area (Å²) in [6, 6.07) is 7.21. The van der Waals surface area contributed by atoms with Gasteiger partial charge in [-0.3, -0.25) is 4.79 Å². The van der Waals surface area contributed by atoms with Gasteiger partial charge < -0.3 is 9.15 Å². The Morgan fingerprint density at radius 3 is 2.59 bits per heavy atom. The lowest BCUT2D eigenvalue weighted by molar-refractivity contribution is -0.123. The number of hydrazone groups is 1. The second-order valence-electron chi connectivity index (χ2n) is 3.92. The van der Waals surface area contributed by atoms with E-state index in [4.69, 9.17) is 9.15 Å². The number of rotatable bonds is 5. The van der Waals surface area contributed by atoms with Crippen LogP contribution in [0.1, 0.15) is 5.76 Å². The van der Waals surface area contributed by atoms with E-state index in [1.165, 1.54) is 6.21 Å². The molecule has 0 aliphatic carbocycles. The molecule has 116 valence electrons. The number of nitrogens with zero attached hydrogens (tertiary/aromatic N) is 1. The molecule has 9 heteroatoms. The summed E-state index contributed by atoms with van der Waals surface area (Å²) < 4.78 is 13.8. The Bertz CT molecular complexity index is 695. The van der Waals surface area contributed by atoms with Gasteiger partial charge in [0.2, 0.25) is 0 Å². The largest absolute Gasteiger partial charge is 0.481 e. The van der Waals surface area contributed by atoms with Crippen LogP contribution in [0.2, 0.25) is 0 Å². The van der Waals surface area contributed by atoms with Gasteiger partial charge in [-0.1, -0.05) is 15.9 Å². The molecule has 1 aromatic heterocycles. The number of halogens is 4. The third-order valence-electron chi connectivity index (χ3n) is 2.29. The van der Waals surface area contributed by atoms with Crippen LogP contribution in [-0.4, -0.2) is 18.7 Å². The van der Waals surface area contributed by atoms with Crippen molar-refractivity contribution in [1.82, 2.24) is 5.43 Å². The molecular formula is C13H8Br3IN2O3. The molecule has 0 saturated carbocycles. The molecule has 0 spiro atoms. The predicted octanol–water partition coefficient (Wildman–Crippen LogP) is 4.70. The number of carbonyl (C=O) groups is 1. The summed E-state index contributed by atoms with van der Waals surface area (Å²) in [5.41, 5.74) is 2.36. The summed E-state index contributed by atoms with van der Waals surface area (Å²) in [4.78, 5) is 11.7. The highest BCUT2D eigenvalue weighted by Crippen LogP contribution is 2.36. The van der Waals surface area contributed by atoms with Crippen LogP contribution in [0.5, 0.6) is 5.75 Å². The normalized spacial score (nSPS) is 10.9. The number of nitrogens with one attached hydrogen (secondary N) is 1. The number of benzene rings is 1. The minimum atomic E-state index is -0.376. The second kappa shape index (κ2) is 8.46. The average Bonchev–Trinajstić information content (AvgIpc) is 2.83. The Kier molecular flexibility index (Phi) is 6.90. The Labute approximate surface area is 165 Å². The zero-order valence-corrected chi connectivity index (χ0v) is 17.7. The molecule has 0 fully saturated rings. The van der Waals surface area contributed by atoms with E-state index in [0.29, 0.717) is 11.5 Å². The molecule has 2 rings (SSSR count). The first-order valence-electron chi connectivity index (χ1n) is 5.80. The van der Waals surface area contributed by atoms with E-state index in [9.17, 15) is 4.79 Å². The highest BCUT2D eigenvalue weighted by Gasteiger charge is 2.10.